The molecular formula is C28H33N3O. The van der Waals surface area contributed by atoms with E-state index in [1.807, 2.05) is 4.90 Å². The number of anilines is 1. The van der Waals surface area contributed by atoms with Gasteiger partial charge >= 0.3 is 0 Å². The summed E-state index contributed by atoms with van der Waals surface area (Å²) in [5.74, 6) is 0.221. The summed E-state index contributed by atoms with van der Waals surface area (Å²) in [6.07, 6.45) is 11.0. The Balaban J connectivity index is 1.18. The molecule has 2 fully saturated rings. The van der Waals surface area contributed by atoms with Gasteiger partial charge in [0.25, 0.3) is 0 Å². The van der Waals surface area contributed by atoms with E-state index in [2.05, 4.69) is 82.5 Å². The summed E-state index contributed by atoms with van der Waals surface area (Å²) in [7, 11) is 0. The predicted octanol–water partition coefficient (Wildman–Crippen LogP) is 5.24. The van der Waals surface area contributed by atoms with E-state index in [0.29, 0.717) is 6.42 Å². The maximum atomic E-state index is 12.8. The number of piperidine rings is 1. The van der Waals surface area contributed by atoms with Crippen molar-refractivity contribution >= 4 is 11.6 Å². The molecule has 0 bridgehead atoms. The second-order valence-electron chi connectivity index (χ2n) is 9.32. The van der Waals surface area contributed by atoms with Gasteiger partial charge in [0.05, 0.1) is 6.04 Å². The van der Waals surface area contributed by atoms with E-state index in [0.717, 1.165) is 31.6 Å². The molecule has 1 amide bonds. The van der Waals surface area contributed by atoms with Gasteiger partial charge in [0, 0.05) is 37.6 Å². The molecule has 1 atom stereocenters. The maximum absolute atomic E-state index is 12.8. The summed E-state index contributed by atoms with van der Waals surface area (Å²) < 4.78 is 2.24. The van der Waals surface area contributed by atoms with Crippen molar-refractivity contribution in [3.05, 3.63) is 89.7 Å². The molecule has 0 saturated carbocycles. The SMILES string of the molecule is O=C1CC(n2ccc(CCc3ccccc3)c2)CN1c1ccc(CN2CCCCC2)cc1. The van der Waals surface area contributed by atoms with Gasteiger partial charge in [-0.3, -0.25) is 9.69 Å². The molecule has 2 saturated heterocycles. The van der Waals surface area contributed by atoms with Crippen LogP contribution in [0.15, 0.2) is 73.1 Å². The zero-order valence-corrected chi connectivity index (χ0v) is 18.8. The highest BCUT2D eigenvalue weighted by atomic mass is 16.2. The summed E-state index contributed by atoms with van der Waals surface area (Å²) in [6, 6.07) is 21.7. The van der Waals surface area contributed by atoms with Gasteiger partial charge in [-0.15, -0.1) is 0 Å². The van der Waals surface area contributed by atoms with Crippen LogP contribution < -0.4 is 4.90 Å². The predicted molar refractivity (Wildman–Crippen MR) is 130 cm³/mol. The van der Waals surface area contributed by atoms with Crippen LogP contribution in [-0.4, -0.2) is 35.0 Å². The van der Waals surface area contributed by atoms with E-state index in [-0.39, 0.29) is 11.9 Å². The minimum Gasteiger partial charge on any atom is -0.349 e. The molecule has 0 N–H and O–H groups in total. The molecule has 1 aromatic heterocycles. The summed E-state index contributed by atoms with van der Waals surface area (Å²) in [5, 5.41) is 0. The number of likely N-dealkylation sites (tertiary alicyclic amines) is 1. The molecule has 3 heterocycles. The summed E-state index contributed by atoms with van der Waals surface area (Å²) in [6.45, 7) is 4.18. The Morgan fingerprint density at radius 2 is 1.53 bits per heavy atom. The number of hydrogen-bond donors (Lipinski definition) is 0. The first-order valence-corrected chi connectivity index (χ1v) is 12.1. The lowest BCUT2D eigenvalue weighted by molar-refractivity contribution is -0.117. The van der Waals surface area contributed by atoms with E-state index in [9.17, 15) is 4.79 Å². The number of carbonyl (C=O) groups excluding carboxylic acids is 1. The van der Waals surface area contributed by atoms with Crippen molar-refractivity contribution in [3.8, 4) is 0 Å². The van der Waals surface area contributed by atoms with E-state index in [1.165, 1.54) is 49.0 Å². The molecule has 3 aromatic rings. The van der Waals surface area contributed by atoms with Crippen LogP contribution in [0.2, 0.25) is 0 Å². The van der Waals surface area contributed by atoms with E-state index < -0.39 is 0 Å². The standard InChI is InChI=1S/C28H33N3O/c32-28-19-27(30-18-15-25(21-30)10-9-23-7-3-1-4-8-23)22-31(28)26-13-11-24(12-14-26)20-29-16-5-2-6-17-29/h1,3-4,7-8,11-15,18,21,27H,2,5-6,9-10,16-17,19-20,22H2. The third kappa shape index (κ3) is 4.97. The molecule has 166 valence electrons. The van der Waals surface area contributed by atoms with Crippen molar-refractivity contribution in [3.63, 3.8) is 0 Å². The fourth-order valence-corrected chi connectivity index (χ4v) is 5.06. The Morgan fingerprint density at radius 3 is 2.31 bits per heavy atom. The molecule has 2 aliphatic rings. The van der Waals surface area contributed by atoms with Crippen LogP contribution in [0.1, 0.15) is 48.4 Å². The second kappa shape index (κ2) is 9.74. The molecule has 4 heteroatoms. The lowest BCUT2D eigenvalue weighted by Crippen LogP contribution is -2.29. The Morgan fingerprint density at radius 1 is 0.781 bits per heavy atom. The van der Waals surface area contributed by atoms with Crippen molar-refractivity contribution < 1.29 is 4.79 Å². The van der Waals surface area contributed by atoms with Gasteiger partial charge in [-0.25, -0.2) is 0 Å². The normalized spacial score (nSPS) is 19.6. The van der Waals surface area contributed by atoms with Crippen molar-refractivity contribution in [2.24, 2.45) is 0 Å². The third-order valence-corrected chi connectivity index (χ3v) is 6.95. The smallest absolute Gasteiger partial charge is 0.229 e. The first-order chi connectivity index (χ1) is 15.7. The van der Waals surface area contributed by atoms with Gasteiger partial charge in [0.1, 0.15) is 0 Å². The van der Waals surface area contributed by atoms with Gasteiger partial charge in [-0.1, -0.05) is 48.9 Å². The number of nitrogens with zero attached hydrogens (tertiary/aromatic N) is 3. The third-order valence-electron chi connectivity index (χ3n) is 6.95. The first kappa shape index (κ1) is 21.0. The zero-order chi connectivity index (χ0) is 21.8. The summed E-state index contributed by atoms with van der Waals surface area (Å²) >= 11 is 0. The van der Waals surface area contributed by atoms with Gasteiger partial charge in [0.15, 0.2) is 0 Å². The molecule has 2 aliphatic heterocycles. The molecule has 1 unspecified atom stereocenters. The Kier molecular flexibility index (Phi) is 6.40. The van der Waals surface area contributed by atoms with Crippen LogP contribution in [0.25, 0.3) is 0 Å². The molecule has 0 radical (unpaired) electrons. The highest BCUT2D eigenvalue weighted by Gasteiger charge is 2.31. The van der Waals surface area contributed by atoms with Crippen LogP contribution in [0, 0.1) is 0 Å². The minimum absolute atomic E-state index is 0.209. The maximum Gasteiger partial charge on any atom is 0.229 e. The second-order valence-corrected chi connectivity index (χ2v) is 9.32. The molecular weight excluding hydrogens is 394 g/mol. The molecule has 5 rings (SSSR count). The van der Waals surface area contributed by atoms with E-state index in [1.54, 1.807) is 0 Å². The number of amides is 1. The van der Waals surface area contributed by atoms with E-state index >= 15 is 0 Å². The zero-order valence-electron chi connectivity index (χ0n) is 18.8. The lowest BCUT2D eigenvalue weighted by Gasteiger charge is -2.26. The topological polar surface area (TPSA) is 28.5 Å². The van der Waals surface area contributed by atoms with Crippen LogP contribution in [-0.2, 0) is 24.2 Å². The van der Waals surface area contributed by atoms with Crippen molar-refractivity contribution in [1.29, 1.82) is 0 Å². The van der Waals surface area contributed by atoms with Crippen molar-refractivity contribution in [2.75, 3.05) is 24.5 Å². The van der Waals surface area contributed by atoms with Gasteiger partial charge in [-0.2, -0.15) is 0 Å². The average Bonchev–Trinajstić information content (AvgIpc) is 3.46. The number of aryl methyl sites for hydroxylation is 2. The summed E-state index contributed by atoms with van der Waals surface area (Å²) in [5.41, 5.74) is 5.07. The lowest BCUT2D eigenvalue weighted by atomic mass is 10.1. The molecule has 0 spiro atoms. The molecule has 32 heavy (non-hydrogen) atoms. The van der Waals surface area contributed by atoms with Gasteiger partial charge in [-0.05, 0) is 73.7 Å². The summed E-state index contributed by atoms with van der Waals surface area (Å²) in [4.78, 5) is 17.3. The quantitative estimate of drug-likeness (QED) is 0.516. The Hall–Kier alpha value is -2.85. The van der Waals surface area contributed by atoms with E-state index in [4.69, 9.17) is 0 Å². The number of hydrogen-bond acceptors (Lipinski definition) is 2. The number of carbonyl (C=O) groups is 1. The highest BCUT2D eigenvalue weighted by molar-refractivity contribution is 5.96. The van der Waals surface area contributed by atoms with Crippen LogP contribution >= 0.6 is 0 Å². The molecule has 2 aromatic carbocycles. The van der Waals surface area contributed by atoms with Gasteiger partial charge < -0.3 is 9.47 Å². The fraction of sp³-hybridized carbons (Fsp3) is 0.393. The first-order valence-electron chi connectivity index (χ1n) is 12.1. The molecule has 0 aliphatic carbocycles. The van der Waals surface area contributed by atoms with Crippen molar-refractivity contribution in [1.82, 2.24) is 9.47 Å². The van der Waals surface area contributed by atoms with Crippen LogP contribution in [0.5, 0.6) is 0 Å². The average molecular weight is 428 g/mol. The largest absolute Gasteiger partial charge is 0.349 e. The van der Waals surface area contributed by atoms with Gasteiger partial charge in [0.2, 0.25) is 5.91 Å². The number of rotatable bonds is 7. The highest BCUT2D eigenvalue weighted by Crippen LogP contribution is 2.29. The molecule has 4 nitrogen and oxygen atoms in total. The number of aromatic nitrogens is 1. The van der Waals surface area contributed by atoms with Crippen LogP contribution in [0.3, 0.4) is 0 Å². The number of benzene rings is 2. The van der Waals surface area contributed by atoms with Crippen molar-refractivity contribution in [2.45, 2.75) is 51.1 Å². The monoisotopic (exact) mass is 427 g/mol. The van der Waals surface area contributed by atoms with Crippen LogP contribution in [0.4, 0.5) is 5.69 Å². The Labute approximate surface area is 191 Å². The fourth-order valence-electron chi connectivity index (χ4n) is 5.06. The Bertz CT molecular complexity index is 1020. The minimum atomic E-state index is 0.209.